The van der Waals surface area contributed by atoms with Crippen LogP contribution in [0, 0.1) is 11.8 Å². The number of hydrogen-bond donors (Lipinski definition) is 2. The number of rotatable bonds is 4. The summed E-state index contributed by atoms with van der Waals surface area (Å²) in [4.78, 5) is 11.0. The molecule has 12 heavy (non-hydrogen) atoms. The minimum absolute atomic E-state index is 0.0321. The summed E-state index contributed by atoms with van der Waals surface area (Å²) in [6.07, 6.45) is 2.42. The van der Waals surface area contributed by atoms with Crippen molar-refractivity contribution in [2.45, 2.75) is 25.8 Å². The van der Waals surface area contributed by atoms with Crippen LogP contribution in [0.5, 0.6) is 0 Å². The van der Waals surface area contributed by atoms with Gasteiger partial charge in [0.15, 0.2) is 0 Å². The number of hydrogen-bond acceptors (Lipinski definition) is 2. The largest absolute Gasteiger partial charge is 0.344 e. The highest BCUT2D eigenvalue weighted by atomic mass is 16.1. The van der Waals surface area contributed by atoms with Crippen LogP contribution in [0.1, 0.15) is 19.8 Å². The Hall–Kier alpha value is -1.01. The summed E-state index contributed by atoms with van der Waals surface area (Å²) in [5.74, 6) is 5.52. The van der Waals surface area contributed by atoms with E-state index in [-0.39, 0.29) is 5.91 Å². The highest BCUT2D eigenvalue weighted by Crippen LogP contribution is 2.17. The van der Waals surface area contributed by atoms with E-state index in [1.54, 1.807) is 6.92 Å². The molecule has 3 nitrogen and oxygen atoms in total. The summed E-state index contributed by atoms with van der Waals surface area (Å²) < 4.78 is 0. The minimum atomic E-state index is 0.0321. The number of carbonyl (C=O) groups is 1. The summed E-state index contributed by atoms with van der Waals surface area (Å²) in [5, 5.41) is 5.81. The zero-order valence-corrected chi connectivity index (χ0v) is 7.31. The molecule has 1 rings (SSSR count). The quantitative estimate of drug-likeness (QED) is 0.572. The van der Waals surface area contributed by atoms with E-state index in [1.165, 1.54) is 12.8 Å². The summed E-state index contributed by atoms with van der Waals surface area (Å²) in [7, 11) is 0. The average Bonchev–Trinajstić information content (AvgIpc) is 2.84. The van der Waals surface area contributed by atoms with Crippen LogP contribution in [-0.2, 0) is 4.79 Å². The van der Waals surface area contributed by atoms with Crippen LogP contribution in [0.2, 0.25) is 0 Å². The van der Waals surface area contributed by atoms with Gasteiger partial charge in [0.2, 0.25) is 5.91 Å². The van der Waals surface area contributed by atoms with Crippen LogP contribution in [0.15, 0.2) is 0 Å². The maximum atomic E-state index is 11.0. The van der Waals surface area contributed by atoms with Crippen LogP contribution < -0.4 is 10.6 Å². The molecule has 0 radical (unpaired) electrons. The van der Waals surface area contributed by atoms with Crippen LogP contribution >= 0.6 is 0 Å². The molecule has 0 aromatic carbocycles. The predicted molar refractivity (Wildman–Crippen MR) is 47.5 cm³/mol. The van der Waals surface area contributed by atoms with Crippen molar-refractivity contribution in [3.8, 4) is 11.8 Å². The van der Waals surface area contributed by atoms with Gasteiger partial charge in [-0.3, -0.25) is 4.79 Å². The summed E-state index contributed by atoms with van der Waals surface area (Å²) in [5.41, 5.74) is 0. The topological polar surface area (TPSA) is 41.1 Å². The standard InChI is InChI=1S/C9H14N2O/c1-2-3-6-10-9(12)7-11-8-4-5-8/h8,11H,4-7H2,1H3,(H,10,12). The van der Waals surface area contributed by atoms with Crippen molar-refractivity contribution >= 4 is 5.91 Å². The molecule has 0 aliphatic heterocycles. The van der Waals surface area contributed by atoms with Crippen LogP contribution in [0.3, 0.4) is 0 Å². The highest BCUT2D eigenvalue weighted by Gasteiger charge is 2.20. The van der Waals surface area contributed by atoms with Crippen LogP contribution in [0.25, 0.3) is 0 Å². The molecule has 1 amide bonds. The summed E-state index contributed by atoms with van der Waals surface area (Å²) in [6, 6.07) is 0.591. The Bertz CT molecular complexity index is 210. The van der Waals surface area contributed by atoms with Gasteiger partial charge in [0.25, 0.3) is 0 Å². The van der Waals surface area contributed by atoms with E-state index < -0.39 is 0 Å². The monoisotopic (exact) mass is 166 g/mol. The molecule has 1 saturated carbocycles. The molecule has 1 fully saturated rings. The number of nitrogens with one attached hydrogen (secondary N) is 2. The lowest BCUT2D eigenvalue weighted by Gasteiger charge is -2.01. The third-order valence-electron chi connectivity index (χ3n) is 1.68. The molecule has 3 heteroatoms. The van der Waals surface area contributed by atoms with Crippen molar-refractivity contribution in [3.63, 3.8) is 0 Å². The lowest BCUT2D eigenvalue weighted by molar-refractivity contribution is -0.120. The Balaban J connectivity index is 1.97. The molecule has 1 aliphatic carbocycles. The van der Waals surface area contributed by atoms with Gasteiger partial charge in [-0.1, -0.05) is 5.92 Å². The molecule has 0 saturated heterocycles. The molecule has 0 heterocycles. The Kier molecular flexibility index (Phi) is 3.62. The van der Waals surface area contributed by atoms with Gasteiger partial charge in [0, 0.05) is 6.04 Å². The van der Waals surface area contributed by atoms with Gasteiger partial charge in [0.05, 0.1) is 13.1 Å². The Morgan fingerprint density at radius 2 is 2.33 bits per heavy atom. The predicted octanol–water partition coefficient (Wildman–Crippen LogP) is -0.122. The fourth-order valence-electron chi connectivity index (χ4n) is 0.818. The second-order valence-electron chi connectivity index (χ2n) is 2.86. The Morgan fingerprint density at radius 3 is 2.92 bits per heavy atom. The molecule has 0 aromatic heterocycles. The van der Waals surface area contributed by atoms with E-state index in [4.69, 9.17) is 0 Å². The second-order valence-corrected chi connectivity index (χ2v) is 2.86. The van der Waals surface area contributed by atoms with Gasteiger partial charge in [-0.25, -0.2) is 0 Å². The van der Waals surface area contributed by atoms with Crippen LogP contribution in [0.4, 0.5) is 0 Å². The van der Waals surface area contributed by atoms with Crippen molar-refractivity contribution < 1.29 is 4.79 Å². The van der Waals surface area contributed by atoms with Gasteiger partial charge in [0.1, 0.15) is 0 Å². The first-order valence-corrected chi connectivity index (χ1v) is 4.22. The van der Waals surface area contributed by atoms with Crippen molar-refractivity contribution in [2.75, 3.05) is 13.1 Å². The first-order valence-electron chi connectivity index (χ1n) is 4.22. The summed E-state index contributed by atoms with van der Waals surface area (Å²) >= 11 is 0. The molecule has 0 bridgehead atoms. The van der Waals surface area contributed by atoms with E-state index >= 15 is 0 Å². The van der Waals surface area contributed by atoms with Crippen molar-refractivity contribution in [2.24, 2.45) is 0 Å². The molecule has 0 unspecified atom stereocenters. The van der Waals surface area contributed by atoms with E-state index in [1.807, 2.05) is 0 Å². The lowest BCUT2D eigenvalue weighted by atomic mass is 10.5. The van der Waals surface area contributed by atoms with Gasteiger partial charge in [-0.15, -0.1) is 5.92 Å². The van der Waals surface area contributed by atoms with Gasteiger partial charge in [-0.05, 0) is 19.8 Å². The average molecular weight is 166 g/mol. The molecule has 0 atom stereocenters. The summed E-state index contributed by atoms with van der Waals surface area (Å²) in [6.45, 7) is 2.65. The van der Waals surface area contributed by atoms with Crippen molar-refractivity contribution in [3.05, 3.63) is 0 Å². The molecule has 0 spiro atoms. The van der Waals surface area contributed by atoms with Gasteiger partial charge in [-0.2, -0.15) is 0 Å². The molecular weight excluding hydrogens is 152 g/mol. The van der Waals surface area contributed by atoms with E-state index in [2.05, 4.69) is 22.5 Å². The Labute approximate surface area is 72.9 Å². The first kappa shape index (κ1) is 9.08. The molecule has 1 aliphatic rings. The van der Waals surface area contributed by atoms with Gasteiger partial charge < -0.3 is 10.6 Å². The van der Waals surface area contributed by atoms with Gasteiger partial charge >= 0.3 is 0 Å². The highest BCUT2D eigenvalue weighted by molar-refractivity contribution is 5.78. The number of amides is 1. The lowest BCUT2D eigenvalue weighted by Crippen LogP contribution is -2.34. The molecular formula is C9H14N2O. The van der Waals surface area contributed by atoms with Crippen LogP contribution in [-0.4, -0.2) is 25.0 Å². The van der Waals surface area contributed by atoms with Crippen molar-refractivity contribution in [1.29, 1.82) is 0 Å². The molecule has 66 valence electrons. The Morgan fingerprint density at radius 1 is 1.58 bits per heavy atom. The smallest absolute Gasteiger partial charge is 0.234 e. The van der Waals surface area contributed by atoms with Crippen molar-refractivity contribution in [1.82, 2.24) is 10.6 Å². The van der Waals surface area contributed by atoms with E-state index in [0.29, 0.717) is 19.1 Å². The maximum absolute atomic E-state index is 11.0. The minimum Gasteiger partial charge on any atom is -0.344 e. The fraction of sp³-hybridized carbons (Fsp3) is 0.667. The zero-order valence-electron chi connectivity index (χ0n) is 7.31. The molecule has 0 aromatic rings. The molecule has 2 N–H and O–H groups in total. The zero-order chi connectivity index (χ0) is 8.81. The number of carbonyl (C=O) groups excluding carboxylic acids is 1. The van der Waals surface area contributed by atoms with E-state index in [0.717, 1.165) is 0 Å². The maximum Gasteiger partial charge on any atom is 0.234 e. The van der Waals surface area contributed by atoms with E-state index in [9.17, 15) is 4.79 Å². The second kappa shape index (κ2) is 4.78. The first-order chi connectivity index (χ1) is 5.83. The normalized spacial score (nSPS) is 14.8. The third-order valence-corrected chi connectivity index (χ3v) is 1.68. The SMILES string of the molecule is CC#CCNC(=O)CNC1CC1. The fourth-order valence-corrected chi connectivity index (χ4v) is 0.818. The third kappa shape index (κ3) is 3.99.